The summed E-state index contributed by atoms with van der Waals surface area (Å²) >= 11 is 0. The van der Waals surface area contributed by atoms with Crippen LogP contribution >= 0.6 is 0 Å². The van der Waals surface area contributed by atoms with E-state index in [4.69, 9.17) is 5.11 Å². The van der Waals surface area contributed by atoms with Crippen LogP contribution in [0.3, 0.4) is 0 Å². The first kappa shape index (κ1) is 15.6. The van der Waals surface area contributed by atoms with Crippen molar-refractivity contribution in [2.75, 3.05) is 23.8 Å². The maximum atomic E-state index is 13.6. The van der Waals surface area contributed by atoms with Gasteiger partial charge in [0, 0.05) is 25.3 Å². The summed E-state index contributed by atoms with van der Waals surface area (Å²) in [5, 5.41) is 14.6. The van der Waals surface area contributed by atoms with Gasteiger partial charge >= 0.3 is 0 Å². The normalized spacial score (nSPS) is 12.3. The number of rotatable bonds is 8. The van der Waals surface area contributed by atoms with Crippen molar-refractivity contribution in [1.82, 2.24) is 4.98 Å². The second kappa shape index (κ2) is 7.89. The van der Waals surface area contributed by atoms with Gasteiger partial charge < -0.3 is 15.7 Å². The minimum atomic E-state index is -0.726. The molecule has 1 aromatic rings. The standard InChI is InChI=1S/C13H21F2N3O/c1-3-6-16-12-10(14)8-11(15)13(18-12)17-9(4-2)5-7-19/h8-9,19H,3-7H2,1-2H3,(H2,16,17,18). The number of halogens is 2. The molecule has 1 unspecified atom stereocenters. The van der Waals surface area contributed by atoms with Gasteiger partial charge in [-0.1, -0.05) is 13.8 Å². The molecule has 1 atom stereocenters. The zero-order valence-corrected chi connectivity index (χ0v) is 11.3. The first-order valence-corrected chi connectivity index (χ1v) is 6.59. The van der Waals surface area contributed by atoms with Gasteiger partial charge in [0.05, 0.1) is 0 Å². The van der Waals surface area contributed by atoms with Crippen LogP contribution in [0.25, 0.3) is 0 Å². The average Bonchev–Trinajstić information content (AvgIpc) is 2.39. The third-order valence-electron chi connectivity index (χ3n) is 2.78. The summed E-state index contributed by atoms with van der Waals surface area (Å²) in [6.45, 7) is 4.45. The highest BCUT2D eigenvalue weighted by molar-refractivity contribution is 5.48. The van der Waals surface area contributed by atoms with Crippen LogP contribution in [0.2, 0.25) is 0 Å². The lowest BCUT2D eigenvalue weighted by Gasteiger charge is -2.17. The minimum Gasteiger partial charge on any atom is -0.396 e. The molecule has 1 aromatic heterocycles. The van der Waals surface area contributed by atoms with Crippen molar-refractivity contribution >= 4 is 11.6 Å². The van der Waals surface area contributed by atoms with Crippen LogP contribution in [0, 0.1) is 11.6 Å². The summed E-state index contributed by atoms with van der Waals surface area (Å²) < 4.78 is 27.1. The molecular weight excluding hydrogens is 252 g/mol. The van der Waals surface area contributed by atoms with E-state index in [1.807, 2.05) is 13.8 Å². The van der Waals surface area contributed by atoms with E-state index < -0.39 is 11.6 Å². The Morgan fingerprint density at radius 1 is 1.26 bits per heavy atom. The van der Waals surface area contributed by atoms with Crippen molar-refractivity contribution in [2.24, 2.45) is 0 Å². The van der Waals surface area contributed by atoms with Crippen LogP contribution in [0.1, 0.15) is 33.1 Å². The molecule has 6 heteroatoms. The number of hydrogen-bond donors (Lipinski definition) is 3. The molecule has 0 aliphatic rings. The molecular formula is C13H21F2N3O. The summed E-state index contributed by atoms with van der Waals surface area (Å²) in [5.74, 6) is -1.37. The van der Waals surface area contributed by atoms with Crippen LogP contribution in [0.5, 0.6) is 0 Å². The fourth-order valence-electron chi connectivity index (χ4n) is 1.66. The van der Waals surface area contributed by atoms with Crippen molar-refractivity contribution in [3.05, 3.63) is 17.7 Å². The first-order chi connectivity index (χ1) is 9.12. The van der Waals surface area contributed by atoms with Gasteiger partial charge in [-0.05, 0) is 19.3 Å². The Hall–Kier alpha value is -1.43. The van der Waals surface area contributed by atoms with Crippen molar-refractivity contribution < 1.29 is 13.9 Å². The van der Waals surface area contributed by atoms with Gasteiger partial charge in [0.2, 0.25) is 0 Å². The van der Waals surface area contributed by atoms with Gasteiger partial charge in [-0.25, -0.2) is 13.8 Å². The molecule has 0 saturated heterocycles. The van der Waals surface area contributed by atoms with Crippen LogP contribution in [-0.2, 0) is 0 Å². The number of pyridine rings is 1. The SMILES string of the molecule is CCCNc1nc(NC(CC)CCO)c(F)cc1F. The topological polar surface area (TPSA) is 57.2 Å². The Labute approximate surface area is 112 Å². The number of anilines is 2. The van der Waals surface area contributed by atoms with Crippen molar-refractivity contribution in [1.29, 1.82) is 0 Å². The molecule has 108 valence electrons. The first-order valence-electron chi connectivity index (χ1n) is 6.59. The number of nitrogens with one attached hydrogen (secondary N) is 2. The quantitative estimate of drug-likeness (QED) is 0.681. The average molecular weight is 273 g/mol. The molecule has 0 spiro atoms. The van der Waals surface area contributed by atoms with Crippen molar-refractivity contribution in [2.45, 2.75) is 39.2 Å². The second-order valence-electron chi connectivity index (χ2n) is 4.34. The zero-order valence-electron chi connectivity index (χ0n) is 11.3. The maximum Gasteiger partial charge on any atom is 0.168 e. The summed E-state index contributed by atoms with van der Waals surface area (Å²) in [4.78, 5) is 3.93. The summed E-state index contributed by atoms with van der Waals surface area (Å²) in [5.41, 5.74) is 0. The fraction of sp³-hybridized carbons (Fsp3) is 0.615. The number of aliphatic hydroxyl groups excluding tert-OH is 1. The second-order valence-corrected chi connectivity index (χ2v) is 4.34. The number of aromatic nitrogens is 1. The number of hydrogen-bond acceptors (Lipinski definition) is 4. The van der Waals surface area contributed by atoms with E-state index >= 15 is 0 Å². The maximum absolute atomic E-state index is 13.6. The van der Waals surface area contributed by atoms with Gasteiger partial charge in [-0.2, -0.15) is 0 Å². The molecule has 1 rings (SSSR count). The highest BCUT2D eigenvalue weighted by Gasteiger charge is 2.14. The molecule has 0 saturated carbocycles. The van der Waals surface area contributed by atoms with E-state index in [2.05, 4.69) is 15.6 Å². The molecule has 1 heterocycles. The Morgan fingerprint density at radius 3 is 2.53 bits per heavy atom. The third-order valence-corrected chi connectivity index (χ3v) is 2.78. The fourth-order valence-corrected chi connectivity index (χ4v) is 1.66. The molecule has 0 fully saturated rings. The lowest BCUT2D eigenvalue weighted by Crippen LogP contribution is -2.22. The molecule has 0 aliphatic carbocycles. The molecule has 19 heavy (non-hydrogen) atoms. The largest absolute Gasteiger partial charge is 0.396 e. The molecule has 0 aromatic carbocycles. The van der Waals surface area contributed by atoms with Gasteiger partial charge in [0.15, 0.2) is 23.3 Å². The van der Waals surface area contributed by atoms with E-state index in [0.717, 1.165) is 18.9 Å². The predicted molar refractivity (Wildman–Crippen MR) is 72.3 cm³/mol. The number of nitrogens with zero attached hydrogens (tertiary/aromatic N) is 1. The van der Waals surface area contributed by atoms with Crippen molar-refractivity contribution in [3.8, 4) is 0 Å². The molecule has 0 bridgehead atoms. The third kappa shape index (κ3) is 4.63. The zero-order chi connectivity index (χ0) is 14.3. The van der Waals surface area contributed by atoms with E-state index in [1.54, 1.807) is 0 Å². The van der Waals surface area contributed by atoms with E-state index in [-0.39, 0.29) is 24.3 Å². The summed E-state index contributed by atoms with van der Waals surface area (Å²) in [6, 6.07) is 0.732. The predicted octanol–water partition coefficient (Wildman–Crippen LogP) is 2.75. The summed E-state index contributed by atoms with van der Waals surface area (Å²) in [7, 11) is 0. The van der Waals surface area contributed by atoms with Gasteiger partial charge in [-0.15, -0.1) is 0 Å². The summed E-state index contributed by atoms with van der Waals surface area (Å²) in [6.07, 6.45) is 2.03. The van der Waals surface area contributed by atoms with E-state index in [1.165, 1.54) is 0 Å². The van der Waals surface area contributed by atoms with Crippen molar-refractivity contribution in [3.63, 3.8) is 0 Å². The van der Waals surface area contributed by atoms with E-state index in [9.17, 15) is 8.78 Å². The Bertz CT molecular complexity index is 402. The highest BCUT2D eigenvalue weighted by atomic mass is 19.1. The lowest BCUT2D eigenvalue weighted by atomic mass is 10.1. The van der Waals surface area contributed by atoms with Crippen LogP contribution in [-0.4, -0.2) is 29.3 Å². The molecule has 0 amide bonds. The highest BCUT2D eigenvalue weighted by Crippen LogP contribution is 2.20. The Kier molecular flexibility index (Phi) is 6.49. The van der Waals surface area contributed by atoms with Gasteiger partial charge in [0.25, 0.3) is 0 Å². The Balaban J connectivity index is 2.86. The van der Waals surface area contributed by atoms with Crippen LogP contribution in [0.4, 0.5) is 20.4 Å². The van der Waals surface area contributed by atoms with Gasteiger partial charge in [-0.3, -0.25) is 0 Å². The molecule has 4 nitrogen and oxygen atoms in total. The van der Waals surface area contributed by atoms with Crippen LogP contribution in [0.15, 0.2) is 6.07 Å². The monoisotopic (exact) mass is 273 g/mol. The smallest absolute Gasteiger partial charge is 0.168 e. The molecule has 0 radical (unpaired) electrons. The lowest BCUT2D eigenvalue weighted by molar-refractivity contribution is 0.278. The van der Waals surface area contributed by atoms with Gasteiger partial charge in [0.1, 0.15) is 0 Å². The number of aliphatic hydroxyl groups is 1. The van der Waals surface area contributed by atoms with Crippen LogP contribution < -0.4 is 10.6 Å². The molecule has 0 aliphatic heterocycles. The Morgan fingerprint density at radius 2 is 1.95 bits per heavy atom. The minimum absolute atomic E-state index is 0.00919. The van der Waals surface area contributed by atoms with E-state index in [0.29, 0.717) is 13.0 Å². The molecule has 3 N–H and O–H groups in total.